The van der Waals surface area contributed by atoms with Crippen LogP contribution in [-0.4, -0.2) is 36.9 Å². The number of amides is 1. The summed E-state index contributed by atoms with van der Waals surface area (Å²) in [5.74, 6) is -0.664. The average molecular weight is 355 g/mol. The molecule has 1 atom stereocenters. The van der Waals surface area contributed by atoms with Crippen molar-refractivity contribution in [1.29, 1.82) is 0 Å². The molecule has 0 radical (unpaired) electrons. The van der Waals surface area contributed by atoms with Crippen LogP contribution in [0.1, 0.15) is 29.8 Å². The summed E-state index contributed by atoms with van der Waals surface area (Å²) >= 11 is 0. The van der Waals surface area contributed by atoms with Crippen molar-refractivity contribution in [2.75, 3.05) is 13.2 Å². The van der Waals surface area contributed by atoms with E-state index >= 15 is 0 Å². The molecule has 0 saturated heterocycles. The highest BCUT2D eigenvalue weighted by Crippen LogP contribution is 2.15. The molecule has 0 aliphatic rings. The van der Waals surface area contributed by atoms with Crippen molar-refractivity contribution in [1.82, 2.24) is 5.32 Å². The molecule has 136 valence electrons. The molecule has 0 heterocycles. The molecule has 0 unspecified atom stereocenters. The second-order valence-electron chi connectivity index (χ2n) is 5.53. The summed E-state index contributed by atoms with van der Waals surface area (Å²) in [5.41, 5.74) is 1.13. The van der Waals surface area contributed by atoms with Crippen molar-refractivity contribution >= 4 is 17.7 Å². The van der Waals surface area contributed by atoms with E-state index in [-0.39, 0.29) is 18.3 Å². The first-order chi connectivity index (χ1) is 12.5. The number of hydrogen-bond donors (Lipinski definition) is 1. The zero-order chi connectivity index (χ0) is 18.9. The van der Waals surface area contributed by atoms with Gasteiger partial charge in [-0.2, -0.15) is 0 Å². The van der Waals surface area contributed by atoms with Crippen LogP contribution in [0.3, 0.4) is 0 Å². The van der Waals surface area contributed by atoms with Gasteiger partial charge in [-0.05, 0) is 38.1 Å². The Morgan fingerprint density at radius 3 is 2.19 bits per heavy atom. The zero-order valence-electron chi connectivity index (χ0n) is 14.7. The zero-order valence-corrected chi connectivity index (χ0v) is 14.7. The molecule has 2 aromatic carbocycles. The maximum Gasteiger partial charge on any atom is 0.344 e. The predicted octanol–water partition coefficient (Wildman–Crippen LogP) is 2.36. The van der Waals surface area contributed by atoms with Crippen LogP contribution in [0.5, 0.6) is 5.75 Å². The van der Waals surface area contributed by atoms with Crippen LogP contribution < -0.4 is 10.1 Å². The van der Waals surface area contributed by atoms with Crippen LogP contribution in [-0.2, 0) is 14.3 Å². The highest BCUT2D eigenvalue weighted by atomic mass is 16.6. The number of carbonyl (C=O) groups is 3. The van der Waals surface area contributed by atoms with Gasteiger partial charge < -0.3 is 14.8 Å². The highest BCUT2D eigenvalue weighted by molar-refractivity contribution is 6.08. The van der Waals surface area contributed by atoms with Crippen molar-refractivity contribution in [2.45, 2.75) is 20.0 Å². The predicted molar refractivity (Wildman–Crippen MR) is 96.0 cm³/mol. The Morgan fingerprint density at radius 2 is 1.58 bits per heavy atom. The fourth-order valence-electron chi connectivity index (χ4n) is 2.20. The molecule has 0 saturated carbocycles. The fraction of sp³-hybridized carbons (Fsp3) is 0.250. The van der Waals surface area contributed by atoms with Gasteiger partial charge in [-0.25, -0.2) is 4.79 Å². The van der Waals surface area contributed by atoms with E-state index in [1.165, 1.54) is 6.92 Å². The lowest BCUT2D eigenvalue weighted by atomic mass is 10.0. The summed E-state index contributed by atoms with van der Waals surface area (Å²) in [6, 6.07) is 15.4. The SMILES string of the molecule is CCNC(=O)[C@@H](C)OC(=O)COc1ccc(C(=O)c2ccccc2)cc1. The Bertz CT molecular complexity index is 756. The molecule has 0 aliphatic carbocycles. The third-order valence-electron chi connectivity index (χ3n) is 3.54. The van der Waals surface area contributed by atoms with E-state index in [2.05, 4.69) is 5.32 Å². The fourth-order valence-corrected chi connectivity index (χ4v) is 2.20. The van der Waals surface area contributed by atoms with Gasteiger partial charge in [0.2, 0.25) is 0 Å². The maximum atomic E-state index is 12.3. The van der Waals surface area contributed by atoms with Gasteiger partial charge in [-0.1, -0.05) is 30.3 Å². The topological polar surface area (TPSA) is 81.7 Å². The number of esters is 1. The summed E-state index contributed by atoms with van der Waals surface area (Å²) < 4.78 is 10.3. The Morgan fingerprint density at radius 1 is 0.962 bits per heavy atom. The van der Waals surface area contributed by atoms with E-state index in [1.807, 2.05) is 6.07 Å². The van der Waals surface area contributed by atoms with Crippen LogP contribution in [0, 0.1) is 0 Å². The first kappa shape index (κ1) is 19.2. The lowest BCUT2D eigenvalue weighted by Gasteiger charge is -2.13. The second-order valence-corrected chi connectivity index (χ2v) is 5.53. The highest BCUT2D eigenvalue weighted by Gasteiger charge is 2.17. The third kappa shape index (κ3) is 5.44. The van der Waals surface area contributed by atoms with Crippen molar-refractivity contribution < 1.29 is 23.9 Å². The Kier molecular flexibility index (Phi) is 6.91. The van der Waals surface area contributed by atoms with Crippen molar-refractivity contribution in [3.63, 3.8) is 0 Å². The van der Waals surface area contributed by atoms with Crippen molar-refractivity contribution in [2.24, 2.45) is 0 Å². The summed E-state index contributed by atoms with van der Waals surface area (Å²) in [6.07, 6.45) is -0.878. The minimum Gasteiger partial charge on any atom is -0.482 e. The number of ether oxygens (including phenoxy) is 2. The van der Waals surface area contributed by atoms with Crippen LogP contribution in [0.25, 0.3) is 0 Å². The number of likely N-dealkylation sites (N-methyl/N-ethyl adjacent to an activating group) is 1. The minimum atomic E-state index is -0.878. The number of ketones is 1. The van der Waals surface area contributed by atoms with Gasteiger partial charge >= 0.3 is 5.97 Å². The van der Waals surface area contributed by atoms with E-state index in [4.69, 9.17) is 9.47 Å². The molecule has 6 heteroatoms. The van der Waals surface area contributed by atoms with Gasteiger partial charge in [0.15, 0.2) is 18.5 Å². The van der Waals surface area contributed by atoms with E-state index in [0.29, 0.717) is 23.4 Å². The maximum absolute atomic E-state index is 12.3. The first-order valence-electron chi connectivity index (χ1n) is 8.31. The third-order valence-corrected chi connectivity index (χ3v) is 3.54. The molecule has 2 rings (SSSR count). The van der Waals surface area contributed by atoms with Gasteiger partial charge in [0.05, 0.1) is 0 Å². The molecule has 2 aromatic rings. The molecule has 0 bridgehead atoms. The Balaban J connectivity index is 1.86. The van der Waals surface area contributed by atoms with E-state index in [1.54, 1.807) is 55.5 Å². The van der Waals surface area contributed by atoms with E-state index < -0.39 is 12.1 Å². The van der Waals surface area contributed by atoms with Crippen LogP contribution >= 0.6 is 0 Å². The molecule has 0 aromatic heterocycles. The number of benzene rings is 2. The van der Waals surface area contributed by atoms with Gasteiger partial charge in [0.1, 0.15) is 5.75 Å². The lowest BCUT2D eigenvalue weighted by molar-refractivity contribution is -0.156. The average Bonchev–Trinajstić information content (AvgIpc) is 2.67. The molecule has 0 aliphatic heterocycles. The molecule has 1 N–H and O–H groups in total. The van der Waals surface area contributed by atoms with Gasteiger partial charge in [-0.3, -0.25) is 9.59 Å². The molecule has 0 spiro atoms. The Hall–Kier alpha value is -3.15. The standard InChI is InChI=1S/C20H21NO5/c1-3-21-20(24)14(2)26-18(22)13-25-17-11-9-16(10-12-17)19(23)15-7-5-4-6-8-15/h4-12,14H,3,13H2,1-2H3,(H,21,24)/t14-/m1/s1. The van der Waals surface area contributed by atoms with Crippen molar-refractivity contribution in [3.05, 3.63) is 65.7 Å². The van der Waals surface area contributed by atoms with Crippen LogP contribution in [0.4, 0.5) is 0 Å². The summed E-state index contributed by atoms with van der Waals surface area (Å²) in [6.45, 7) is 3.41. The van der Waals surface area contributed by atoms with E-state index in [9.17, 15) is 14.4 Å². The number of carbonyl (C=O) groups excluding carboxylic acids is 3. The number of rotatable bonds is 8. The van der Waals surface area contributed by atoms with Crippen LogP contribution in [0.2, 0.25) is 0 Å². The molecule has 26 heavy (non-hydrogen) atoms. The van der Waals surface area contributed by atoms with Crippen molar-refractivity contribution in [3.8, 4) is 5.75 Å². The summed E-state index contributed by atoms with van der Waals surface area (Å²) in [5, 5.41) is 2.57. The van der Waals surface area contributed by atoms with Crippen LogP contribution in [0.15, 0.2) is 54.6 Å². The molecule has 1 amide bonds. The lowest BCUT2D eigenvalue weighted by Crippen LogP contribution is -2.36. The molecular weight excluding hydrogens is 334 g/mol. The minimum absolute atomic E-state index is 0.0904. The first-order valence-corrected chi connectivity index (χ1v) is 8.31. The summed E-state index contributed by atoms with van der Waals surface area (Å²) in [4.78, 5) is 35.5. The smallest absolute Gasteiger partial charge is 0.344 e. The van der Waals surface area contributed by atoms with Gasteiger partial charge in [-0.15, -0.1) is 0 Å². The van der Waals surface area contributed by atoms with E-state index in [0.717, 1.165) is 0 Å². The monoisotopic (exact) mass is 355 g/mol. The molecule has 6 nitrogen and oxygen atoms in total. The Labute approximate surface area is 152 Å². The molecular formula is C20H21NO5. The number of hydrogen-bond acceptors (Lipinski definition) is 5. The molecule has 0 fully saturated rings. The quantitative estimate of drug-likeness (QED) is 0.581. The second kappa shape index (κ2) is 9.36. The normalized spacial score (nSPS) is 11.3. The number of nitrogens with one attached hydrogen (secondary N) is 1. The largest absolute Gasteiger partial charge is 0.482 e. The van der Waals surface area contributed by atoms with Gasteiger partial charge in [0.25, 0.3) is 5.91 Å². The summed E-state index contributed by atoms with van der Waals surface area (Å²) in [7, 11) is 0. The van der Waals surface area contributed by atoms with Gasteiger partial charge in [0, 0.05) is 17.7 Å².